The zero-order valence-corrected chi connectivity index (χ0v) is 13.3. The van der Waals surface area contributed by atoms with Gasteiger partial charge in [0, 0.05) is 6.61 Å². The molecule has 1 atom stereocenters. The number of carbonyl (C=O) groups is 1. The second kappa shape index (κ2) is 8.76. The normalized spacial score (nSPS) is 17.5. The minimum absolute atomic E-state index is 0.0886. The van der Waals surface area contributed by atoms with Gasteiger partial charge in [-0.15, -0.1) is 0 Å². The van der Waals surface area contributed by atoms with Crippen molar-refractivity contribution in [3.05, 3.63) is 23.8 Å². The summed E-state index contributed by atoms with van der Waals surface area (Å²) in [5, 5.41) is 2.92. The summed E-state index contributed by atoms with van der Waals surface area (Å²) in [7, 11) is 0. The molecule has 1 unspecified atom stereocenters. The van der Waals surface area contributed by atoms with Crippen molar-refractivity contribution in [3.8, 4) is 5.75 Å². The highest BCUT2D eigenvalue weighted by molar-refractivity contribution is 5.95. The number of hydrogen-bond donors (Lipinski definition) is 2. The molecule has 2 rings (SSSR count). The van der Waals surface area contributed by atoms with Crippen molar-refractivity contribution in [1.29, 1.82) is 0 Å². The molecule has 1 aliphatic heterocycles. The summed E-state index contributed by atoms with van der Waals surface area (Å²) in [6.45, 7) is 3.88. The van der Waals surface area contributed by atoms with E-state index in [1.807, 2.05) is 25.1 Å². The van der Waals surface area contributed by atoms with Crippen LogP contribution in [-0.2, 0) is 16.0 Å². The lowest BCUT2D eigenvalue weighted by molar-refractivity contribution is -0.124. The average molecular weight is 306 g/mol. The zero-order chi connectivity index (χ0) is 15.8. The third kappa shape index (κ3) is 4.71. The van der Waals surface area contributed by atoms with Crippen LogP contribution in [0.3, 0.4) is 0 Å². The maximum atomic E-state index is 12.2. The van der Waals surface area contributed by atoms with Gasteiger partial charge in [-0.05, 0) is 63.3 Å². The maximum absolute atomic E-state index is 12.2. The Labute approximate surface area is 132 Å². The summed E-state index contributed by atoms with van der Waals surface area (Å²) in [4.78, 5) is 12.2. The first-order valence-corrected chi connectivity index (χ1v) is 8.13. The highest BCUT2D eigenvalue weighted by Gasteiger charge is 2.24. The van der Waals surface area contributed by atoms with Crippen LogP contribution in [0.5, 0.6) is 5.75 Å². The van der Waals surface area contributed by atoms with Gasteiger partial charge in [-0.25, -0.2) is 0 Å². The summed E-state index contributed by atoms with van der Waals surface area (Å²) in [5.41, 5.74) is 7.44. The summed E-state index contributed by atoms with van der Waals surface area (Å²) < 4.78 is 11.1. The van der Waals surface area contributed by atoms with Gasteiger partial charge >= 0.3 is 0 Å². The van der Waals surface area contributed by atoms with Crippen molar-refractivity contribution < 1.29 is 14.3 Å². The van der Waals surface area contributed by atoms with E-state index < -0.39 is 0 Å². The van der Waals surface area contributed by atoms with Crippen LogP contribution in [-0.4, -0.2) is 31.8 Å². The quantitative estimate of drug-likeness (QED) is 0.724. The van der Waals surface area contributed by atoms with Crippen molar-refractivity contribution >= 4 is 11.6 Å². The fourth-order valence-corrected chi connectivity index (χ4v) is 2.57. The number of rotatable bonds is 8. The number of aryl methyl sites for hydroxylation is 1. The number of nitrogens with two attached hydrogens (primary N) is 1. The topological polar surface area (TPSA) is 73.6 Å². The highest BCUT2D eigenvalue weighted by atomic mass is 16.5. The van der Waals surface area contributed by atoms with E-state index in [1.165, 1.54) is 5.56 Å². The standard InChI is InChI=1S/C17H26N2O3/c1-2-21-16-12-13(6-3-4-10-18)8-9-14(16)19-17(20)15-7-5-11-22-15/h8-9,12,15H,2-7,10-11,18H2,1H3,(H,19,20). The van der Waals surface area contributed by atoms with Crippen molar-refractivity contribution in [3.63, 3.8) is 0 Å². The third-order valence-electron chi connectivity index (χ3n) is 3.75. The smallest absolute Gasteiger partial charge is 0.253 e. The van der Waals surface area contributed by atoms with E-state index in [0.29, 0.717) is 25.4 Å². The molecule has 1 saturated heterocycles. The Kier molecular flexibility index (Phi) is 6.68. The van der Waals surface area contributed by atoms with E-state index >= 15 is 0 Å². The minimum Gasteiger partial charge on any atom is -0.492 e. The zero-order valence-electron chi connectivity index (χ0n) is 13.3. The van der Waals surface area contributed by atoms with Crippen LogP contribution in [0.2, 0.25) is 0 Å². The molecule has 5 nitrogen and oxygen atoms in total. The SMILES string of the molecule is CCOc1cc(CCCCN)ccc1NC(=O)C1CCCO1. The van der Waals surface area contributed by atoms with E-state index in [2.05, 4.69) is 5.32 Å². The van der Waals surface area contributed by atoms with Gasteiger partial charge < -0.3 is 20.5 Å². The van der Waals surface area contributed by atoms with Crippen molar-refractivity contribution in [2.24, 2.45) is 5.73 Å². The Morgan fingerprint density at radius 3 is 3.00 bits per heavy atom. The molecule has 1 aromatic carbocycles. The van der Waals surface area contributed by atoms with Crippen LogP contribution >= 0.6 is 0 Å². The molecule has 0 bridgehead atoms. The van der Waals surface area contributed by atoms with E-state index in [9.17, 15) is 4.79 Å². The second-order valence-corrected chi connectivity index (χ2v) is 5.50. The molecule has 1 aromatic rings. The first-order valence-electron chi connectivity index (χ1n) is 8.13. The number of nitrogens with one attached hydrogen (secondary N) is 1. The lowest BCUT2D eigenvalue weighted by Crippen LogP contribution is -2.27. The Hall–Kier alpha value is -1.59. The molecular weight excluding hydrogens is 280 g/mol. The van der Waals surface area contributed by atoms with Crippen LogP contribution in [0.4, 0.5) is 5.69 Å². The highest BCUT2D eigenvalue weighted by Crippen LogP contribution is 2.27. The van der Waals surface area contributed by atoms with Crippen LogP contribution in [0.25, 0.3) is 0 Å². The molecule has 1 aliphatic rings. The molecule has 0 radical (unpaired) electrons. The maximum Gasteiger partial charge on any atom is 0.253 e. The molecule has 1 heterocycles. The van der Waals surface area contributed by atoms with Crippen LogP contribution < -0.4 is 15.8 Å². The summed E-state index contributed by atoms with van der Waals surface area (Å²) in [6, 6.07) is 5.95. The van der Waals surface area contributed by atoms with Crippen LogP contribution in [0, 0.1) is 0 Å². The number of anilines is 1. The van der Waals surface area contributed by atoms with Gasteiger partial charge in [0.25, 0.3) is 5.91 Å². The van der Waals surface area contributed by atoms with E-state index in [-0.39, 0.29) is 12.0 Å². The number of hydrogen-bond acceptors (Lipinski definition) is 4. The van der Waals surface area contributed by atoms with E-state index in [0.717, 1.165) is 37.9 Å². The fourth-order valence-electron chi connectivity index (χ4n) is 2.57. The lowest BCUT2D eigenvalue weighted by atomic mass is 10.1. The molecule has 0 spiro atoms. The Bertz CT molecular complexity index is 485. The van der Waals surface area contributed by atoms with Crippen molar-refractivity contribution in [1.82, 2.24) is 0 Å². The Morgan fingerprint density at radius 2 is 2.32 bits per heavy atom. The van der Waals surface area contributed by atoms with Gasteiger partial charge in [0.05, 0.1) is 12.3 Å². The second-order valence-electron chi connectivity index (χ2n) is 5.50. The van der Waals surface area contributed by atoms with Gasteiger partial charge in [0.1, 0.15) is 11.9 Å². The molecule has 22 heavy (non-hydrogen) atoms. The number of unbranched alkanes of at least 4 members (excludes halogenated alkanes) is 1. The van der Waals surface area contributed by atoms with E-state index in [1.54, 1.807) is 0 Å². The van der Waals surface area contributed by atoms with Crippen molar-refractivity contribution in [2.45, 2.75) is 45.1 Å². The molecule has 122 valence electrons. The summed E-state index contributed by atoms with van der Waals surface area (Å²) in [5.74, 6) is 0.633. The molecule has 5 heteroatoms. The largest absolute Gasteiger partial charge is 0.492 e. The van der Waals surface area contributed by atoms with Gasteiger partial charge in [-0.1, -0.05) is 6.07 Å². The molecule has 0 aliphatic carbocycles. The first-order chi connectivity index (χ1) is 10.7. The number of benzene rings is 1. The molecule has 1 fully saturated rings. The third-order valence-corrected chi connectivity index (χ3v) is 3.75. The number of ether oxygens (including phenoxy) is 2. The van der Waals surface area contributed by atoms with Gasteiger partial charge in [-0.2, -0.15) is 0 Å². The Morgan fingerprint density at radius 1 is 1.45 bits per heavy atom. The van der Waals surface area contributed by atoms with Crippen molar-refractivity contribution in [2.75, 3.05) is 25.1 Å². The number of amides is 1. The average Bonchev–Trinajstić information content (AvgIpc) is 3.04. The lowest BCUT2D eigenvalue weighted by Gasteiger charge is -2.15. The van der Waals surface area contributed by atoms with Gasteiger partial charge in [-0.3, -0.25) is 4.79 Å². The minimum atomic E-state index is -0.335. The Balaban J connectivity index is 2.03. The summed E-state index contributed by atoms with van der Waals surface area (Å²) >= 11 is 0. The molecule has 0 aromatic heterocycles. The molecule has 0 saturated carbocycles. The monoisotopic (exact) mass is 306 g/mol. The predicted molar refractivity (Wildman–Crippen MR) is 87.2 cm³/mol. The van der Waals surface area contributed by atoms with Crippen LogP contribution in [0.1, 0.15) is 38.2 Å². The fraction of sp³-hybridized carbons (Fsp3) is 0.588. The first kappa shape index (κ1) is 16.8. The number of carbonyl (C=O) groups excluding carboxylic acids is 1. The molecule has 3 N–H and O–H groups in total. The predicted octanol–water partition coefficient (Wildman–Crippen LogP) is 2.48. The van der Waals surface area contributed by atoms with Crippen LogP contribution in [0.15, 0.2) is 18.2 Å². The molecule has 1 amide bonds. The van der Waals surface area contributed by atoms with E-state index in [4.69, 9.17) is 15.2 Å². The summed E-state index contributed by atoms with van der Waals surface area (Å²) in [6.07, 6.45) is 4.44. The van der Waals surface area contributed by atoms with Gasteiger partial charge in [0.15, 0.2) is 0 Å². The molecular formula is C17H26N2O3. The van der Waals surface area contributed by atoms with Gasteiger partial charge in [0.2, 0.25) is 0 Å².